The minimum atomic E-state index is -0.511. The zero-order valence-electron chi connectivity index (χ0n) is 15.0. The zero-order valence-corrected chi connectivity index (χ0v) is 15.7. The fourth-order valence-corrected chi connectivity index (χ4v) is 3.53. The van der Waals surface area contributed by atoms with Crippen LogP contribution in [0.1, 0.15) is 28.8 Å². The molecule has 0 atom stereocenters. The lowest BCUT2D eigenvalue weighted by atomic mass is 9.95. The van der Waals surface area contributed by atoms with Crippen molar-refractivity contribution in [3.8, 4) is 0 Å². The second-order valence-electron chi connectivity index (χ2n) is 6.72. The first-order valence-electron chi connectivity index (χ1n) is 9.10. The summed E-state index contributed by atoms with van der Waals surface area (Å²) in [5.74, 6) is -0.930. The third-order valence-corrected chi connectivity index (χ3v) is 5.09. The van der Waals surface area contributed by atoms with Crippen LogP contribution in [-0.4, -0.2) is 36.3 Å². The van der Waals surface area contributed by atoms with Gasteiger partial charge in [0.1, 0.15) is 5.82 Å². The monoisotopic (exact) mass is 388 g/mol. The Morgan fingerprint density at radius 3 is 2.56 bits per heavy atom. The van der Waals surface area contributed by atoms with Crippen molar-refractivity contribution >= 4 is 23.4 Å². The molecule has 3 rings (SSSR count). The van der Waals surface area contributed by atoms with Crippen LogP contribution in [0.4, 0.5) is 4.39 Å². The number of likely N-dealkylation sites (tertiary alicyclic amines) is 1. The lowest BCUT2D eigenvalue weighted by molar-refractivity contribution is -0.126. The lowest BCUT2D eigenvalue weighted by Gasteiger charge is -2.31. The summed E-state index contributed by atoms with van der Waals surface area (Å²) in [6, 6.07) is 13.6. The Morgan fingerprint density at radius 2 is 1.85 bits per heavy atom. The van der Waals surface area contributed by atoms with Crippen molar-refractivity contribution in [1.29, 1.82) is 0 Å². The number of hydrogen-bond donors (Lipinski definition) is 1. The molecule has 2 amide bonds. The van der Waals surface area contributed by atoms with Crippen LogP contribution >= 0.6 is 11.6 Å². The SMILES string of the molecule is O=C(NCCc1cccc(Cl)c1)C1CCN(C(=O)c2ccccc2F)CC1. The molecule has 2 aromatic carbocycles. The first-order chi connectivity index (χ1) is 13.0. The van der Waals surface area contributed by atoms with E-state index in [4.69, 9.17) is 11.6 Å². The van der Waals surface area contributed by atoms with Crippen LogP contribution in [0, 0.1) is 11.7 Å². The fraction of sp³-hybridized carbons (Fsp3) is 0.333. The maximum absolute atomic E-state index is 13.8. The Kier molecular flexibility index (Phi) is 6.45. The molecule has 1 N–H and O–H groups in total. The summed E-state index contributed by atoms with van der Waals surface area (Å²) >= 11 is 5.96. The topological polar surface area (TPSA) is 49.4 Å². The molecule has 0 aliphatic carbocycles. The Labute approximate surface area is 163 Å². The van der Waals surface area contributed by atoms with E-state index < -0.39 is 5.82 Å². The van der Waals surface area contributed by atoms with Crippen molar-refractivity contribution in [2.45, 2.75) is 19.3 Å². The van der Waals surface area contributed by atoms with Crippen molar-refractivity contribution in [3.63, 3.8) is 0 Å². The maximum Gasteiger partial charge on any atom is 0.256 e. The van der Waals surface area contributed by atoms with Crippen LogP contribution < -0.4 is 5.32 Å². The molecule has 1 aliphatic heterocycles. The smallest absolute Gasteiger partial charge is 0.256 e. The second-order valence-corrected chi connectivity index (χ2v) is 7.15. The molecule has 142 valence electrons. The van der Waals surface area contributed by atoms with Gasteiger partial charge >= 0.3 is 0 Å². The summed E-state index contributed by atoms with van der Waals surface area (Å²) in [6.07, 6.45) is 1.89. The summed E-state index contributed by atoms with van der Waals surface area (Å²) in [6.45, 7) is 1.46. The number of nitrogens with one attached hydrogen (secondary N) is 1. The number of nitrogens with zero attached hydrogens (tertiary/aromatic N) is 1. The molecule has 1 heterocycles. The van der Waals surface area contributed by atoms with Crippen molar-refractivity contribution in [3.05, 3.63) is 70.5 Å². The molecular weight excluding hydrogens is 367 g/mol. The molecule has 6 heteroatoms. The van der Waals surface area contributed by atoms with Crippen LogP contribution in [0.3, 0.4) is 0 Å². The van der Waals surface area contributed by atoms with E-state index in [1.165, 1.54) is 12.1 Å². The van der Waals surface area contributed by atoms with E-state index in [-0.39, 0.29) is 23.3 Å². The number of carbonyl (C=O) groups is 2. The standard InChI is InChI=1S/C21H22ClFN2O2/c22-17-5-3-4-15(14-17)8-11-24-20(26)16-9-12-25(13-10-16)21(27)18-6-1-2-7-19(18)23/h1-7,14,16H,8-13H2,(H,24,26). The van der Waals surface area contributed by atoms with E-state index in [0.29, 0.717) is 37.5 Å². The minimum absolute atomic E-state index is 0.00928. The van der Waals surface area contributed by atoms with E-state index in [1.807, 2.05) is 24.3 Å². The first-order valence-corrected chi connectivity index (χ1v) is 9.48. The normalized spacial score (nSPS) is 14.8. The number of carbonyl (C=O) groups excluding carboxylic acids is 2. The van der Waals surface area contributed by atoms with Crippen molar-refractivity contribution in [1.82, 2.24) is 10.2 Å². The number of halogens is 2. The second kappa shape index (κ2) is 9.00. The van der Waals surface area contributed by atoms with Gasteiger partial charge in [-0.15, -0.1) is 0 Å². The average Bonchev–Trinajstić information content (AvgIpc) is 2.68. The number of rotatable bonds is 5. The molecule has 1 aliphatic rings. The molecule has 27 heavy (non-hydrogen) atoms. The first kappa shape index (κ1) is 19.4. The summed E-state index contributed by atoms with van der Waals surface area (Å²) < 4.78 is 13.8. The summed E-state index contributed by atoms with van der Waals surface area (Å²) in [5.41, 5.74) is 1.16. The number of amides is 2. The number of hydrogen-bond acceptors (Lipinski definition) is 2. The minimum Gasteiger partial charge on any atom is -0.356 e. The molecule has 0 radical (unpaired) electrons. The van der Waals surface area contributed by atoms with Gasteiger partial charge in [0.15, 0.2) is 0 Å². The molecule has 1 fully saturated rings. The lowest BCUT2D eigenvalue weighted by Crippen LogP contribution is -2.43. The van der Waals surface area contributed by atoms with Crippen molar-refractivity contribution in [2.75, 3.05) is 19.6 Å². The summed E-state index contributed by atoms with van der Waals surface area (Å²) in [4.78, 5) is 26.4. The van der Waals surface area contributed by atoms with Gasteiger partial charge in [-0.1, -0.05) is 35.9 Å². The van der Waals surface area contributed by atoms with Gasteiger partial charge in [0, 0.05) is 30.6 Å². The predicted octanol–water partition coefficient (Wildman–Crippen LogP) is 3.69. The van der Waals surface area contributed by atoms with E-state index in [1.54, 1.807) is 17.0 Å². The average molecular weight is 389 g/mol. The largest absolute Gasteiger partial charge is 0.356 e. The Hall–Kier alpha value is -2.40. The van der Waals surface area contributed by atoms with Crippen LogP contribution in [0.2, 0.25) is 5.02 Å². The van der Waals surface area contributed by atoms with Gasteiger partial charge in [0.25, 0.3) is 5.91 Å². The molecular formula is C21H22ClFN2O2. The molecule has 0 saturated carbocycles. The van der Waals surface area contributed by atoms with Gasteiger partial charge in [-0.3, -0.25) is 9.59 Å². The van der Waals surface area contributed by atoms with E-state index in [2.05, 4.69) is 5.32 Å². The van der Waals surface area contributed by atoms with Crippen molar-refractivity contribution < 1.29 is 14.0 Å². The van der Waals surface area contributed by atoms with E-state index in [9.17, 15) is 14.0 Å². The van der Waals surface area contributed by atoms with Crippen LogP contribution in [0.25, 0.3) is 0 Å². The summed E-state index contributed by atoms with van der Waals surface area (Å²) in [7, 11) is 0. The highest BCUT2D eigenvalue weighted by atomic mass is 35.5. The summed E-state index contributed by atoms with van der Waals surface area (Å²) in [5, 5.41) is 3.65. The van der Waals surface area contributed by atoms with Gasteiger partial charge in [-0.2, -0.15) is 0 Å². The van der Waals surface area contributed by atoms with Crippen LogP contribution in [0.5, 0.6) is 0 Å². The molecule has 0 bridgehead atoms. The molecule has 0 unspecified atom stereocenters. The van der Waals surface area contributed by atoms with Crippen LogP contribution in [0.15, 0.2) is 48.5 Å². The van der Waals surface area contributed by atoms with Gasteiger partial charge < -0.3 is 10.2 Å². The Balaban J connectivity index is 1.45. The number of piperidine rings is 1. The fourth-order valence-electron chi connectivity index (χ4n) is 3.32. The van der Waals surface area contributed by atoms with Gasteiger partial charge in [-0.25, -0.2) is 4.39 Å². The van der Waals surface area contributed by atoms with E-state index in [0.717, 1.165) is 12.0 Å². The Bertz CT molecular complexity index is 819. The third kappa shape index (κ3) is 5.07. The highest BCUT2D eigenvalue weighted by Crippen LogP contribution is 2.20. The molecule has 4 nitrogen and oxygen atoms in total. The predicted molar refractivity (Wildman–Crippen MR) is 103 cm³/mol. The van der Waals surface area contributed by atoms with Crippen LogP contribution in [-0.2, 0) is 11.2 Å². The zero-order chi connectivity index (χ0) is 19.2. The molecule has 1 saturated heterocycles. The van der Waals surface area contributed by atoms with Crippen molar-refractivity contribution in [2.24, 2.45) is 5.92 Å². The van der Waals surface area contributed by atoms with Gasteiger partial charge in [0.2, 0.25) is 5.91 Å². The highest BCUT2D eigenvalue weighted by molar-refractivity contribution is 6.30. The molecule has 0 aromatic heterocycles. The maximum atomic E-state index is 13.8. The quantitative estimate of drug-likeness (QED) is 0.849. The van der Waals surface area contributed by atoms with E-state index >= 15 is 0 Å². The highest BCUT2D eigenvalue weighted by Gasteiger charge is 2.28. The van der Waals surface area contributed by atoms with Gasteiger partial charge in [0.05, 0.1) is 5.56 Å². The number of benzene rings is 2. The molecule has 0 spiro atoms. The third-order valence-electron chi connectivity index (χ3n) is 4.86. The Morgan fingerprint density at radius 1 is 1.11 bits per heavy atom. The molecule has 2 aromatic rings. The van der Waals surface area contributed by atoms with Gasteiger partial charge in [-0.05, 0) is 49.1 Å².